The third kappa shape index (κ3) is 3.57. The lowest BCUT2D eigenvalue weighted by Gasteiger charge is -1.91. The van der Waals surface area contributed by atoms with Gasteiger partial charge in [0, 0.05) is 0 Å². The number of carbonyl (C=O) groups excluding carboxylic acids is 2. The normalized spacial score (nSPS) is 17.1. The molecule has 0 atom stereocenters. The molecule has 10 nitrogen and oxygen atoms in total. The Hall–Kier alpha value is -2.80. The van der Waals surface area contributed by atoms with Gasteiger partial charge in [0.2, 0.25) is 0 Å². The molecule has 0 spiro atoms. The van der Waals surface area contributed by atoms with Crippen LogP contribution in [-0.2, 0) is 20.0 Å². The highest BCUT2D eigenvalue weighted by atomic mass is 32.2. The lowest BCUT2D eigenvalue weighted by atomic mass is 10.2. The molecule has 0 radical (unpaired) electrons. The van der Waals surface area contributed by atoms with Gasteiger partial charge in [0.05, 0.1) is 11.1 Å². The Kier molecular flexibility index (Phi) is 5.89. The number of benzene rings is 2. The molecule has 2 aliphatic heterocycles. The van der Waals surface area contributed by atoms with E-state index in [4.69, 9.17) is 0 Å². The molecule has 4 rings (SSSR count). The Bertz CT molecular complexity index is 993. The molecule has 8 N–H and O–H groups in total. The predicted molar refractivity (Wildman–Crippen MR) is 92.2 cm³/mol. The van der Waals surface area contributed by atoms with Crippen molar-refractivity contribution in [2.75, 3.05) is 0 Å². The van der Waals surface area contributed by atoms with E-state index in [9.17, 15) is 26.4 Å². The maximum atomic E-state index is 11.1. The molecule has 2 aliphatic rings. The number of nitrogens with one attached hydrogen (secondary N) is 2. The van der Waals surface area contributed by atoms with E-state index in [-0.39, 0.29) is 33.2 Å². The maximum absolute atomic E-state index is 11.1. The van der Waals surface area contributed by atoms with E-state index in [1.165, 1.54) is 24.3 Å². The fraction of sp³-hybridized carbons (Fsp3) is 0. The minimum Gasteiger partial charge on any atom is -0.344 e. The molecule has 0 saturated carbocycles. The SMILES string of the molecule is N.N.O=C1NS(=O)(=O)c2ccccc21.O=C1NS(=O)(=O)c2ccccc21. The first-order valence-corrected chi connectivity index (χ1v) is 9.51. The van der Waals surface area contributed by atoms with Crippen molar-refractivity contribution in [1.29, 1.82) is 0 Å². The summed E-state index contributed by atoms with van der Waals surface area (Å²) in [6.07, 6.45) is 0. The zero-order chi connectivity index (χ0) is 17.5. The van der Waals surface area contributed by atoms with Gasteiger partial charge in [0.15, 0.2) is 0 Å². The average Bonchev–Trinajstić information content (AvgIpc) is 2.91. The summed E-state index contributed by atoms with van der Waals surface area (Å²) < 4.78 is 48.3. The van der Waals surface area contributed by atoms with Gasteiger partial charge in [-0.25, -0.2) is 26.3 Å². The summed E-state index contributed by atoms with van der Waals surface area (Å²) in [5.41, 5.74) is 0.440. The quantitative estimate of drug-likeness (QED) is 0.491. The molecule has 2 aromatic carbocycles. The van der Waals surface area contributed by atoms with Crippen molar-refractivity contribution in [1.82, 2.24) is 21.7 Å². The van der Waals surface area contributed by atoms with E-state index in [0.29, 0.717) is 0 Å². The summed E-state index contributed by atoms with van der Waals surface area (Å²) in [5.74, 6) is -1.10. The molecule has 0 aromatic heterocycles. The van der Waals surface area contributed by atoms with Gasteiger partial charge in [-0.05, 0) is 24.3 Å². The first-order chi connectivity index (χ1) is 11.2. The Morgan fingerprint density at radius 1 is 0.577 bits per heavy atom. The minimum atomic E-state index is -3.55. The standard InChI is InChI=1S/2C7H5NO3S.2H3N/c2*9-7-5-3-1-2-4-6(5)12(10,11)8-7;;/h2*1-4H,(H,8,9);2*1H3. The average molecular weight is 400 g/mol. The van der Waals surface area contributed by atoms with Crippen molar-refractivity contribution < 1.29 is 26.4 Å². The van der Waals surface area contributed by atoms with Gasteiger partial charge >= 0.3 is 0 Å². The molecule has 2 amide bonds. The second kappa shape index (κ2) is 7.21. The number of hydrogen-bond donors (Lipinski definition) is 4. The van der Waals surface area contributed by atoms with Crippen molar-refractivity contribution in [3.05, 3.63) is 59.7 Å². The van der Waals surface area contributed by atoms with Crippen molar-refractivity contribution >= 4 is 31.9 Å². The number of carbonyl (C=O) groups is 2. The smallest absolute Gasteiger partial charge is 0.266 e. The first-order valence-electron chi connectivity index (χ1n) is 6.55. The van der Waals surface area contributed by atoms with E-state index >= 15 is 0 Å². The van der Waals surface area contributed by atoms with Crippen LogP contribution in [0.2, 0.25) is 0 Å². The fourth-order valence-corrected chi connectivity index (χ4v) is 4.59. The fourth-order valence-electron chi connectivity index (χ4n) is 2.24. The van der Waals surface area contributed by atoms with E-state index in [1.807, 2.05) is 9.44 Å². The van der Waals surface area contributed by atoms with Crippen LogP contribution in [0, 0.1) is 0 Å². The molecule has 2 heterocycles. The first kappa shape index (κ1) is 21.2. The minimum absolute atomic E-state index is 0. The summed E-state index contributed by atoms with van der Waals surface area (Å²) in [5, 5.41) is 0. The molecular formula is C14H16N4O6S2. The van der Waals surface area contributed by atoms with E-state index in [0.717, 1.165) is 0 Å². The van der Waals surface area contributed by atoms with Gasteiger partial charge in [-0.15, -0.1) is 0 Å². The van der Waals surface area contributed by atoms with Crippen LogP contribution < -0.4 is 21.7 Å². The van der Waals surface area contributed by atoms with Crippen LogP contribution >= 0.6 is 0 Å². The van der Waals surface area contributed by atoms with Crippen LogP contribution in [0.15, 0.2) is 58.3 Å². The molecule has 0 saturated heterocycles. The molecule has 12 heteroatoms. The zero-order valence-corrected chi connectivity index (χ0v) is 14.9. The van der Waals surface area contributed by atoms with Gasteiger partial charge in [-0.3, -0.25) is 9.59 Å². The van der Waals surface area contributed by atoms with Gasteiger partial charge < -0.3 is 12.3 Å². The molecular weight excluding hydrogens is 384 g/mol. The van der Waals surface area contributed by atoms with Gasteiger partial charge in [0.1, 0.15) is 9.79 Å². The van der Waals surface area contributed by atoms with Gasteiger partial charge in [-0.1, -0.05) is 24.3 Å². The molecule has 140 valence electrons. The number of hydrogen-bond acceptors (Lipinski definition) is 8. The third-order valence-corrected chi connectivity index (χ3v) is 6.07. The summed E-state index contributed by atoms with van der Waals surface area (Å²) in [4.78, 5) is 22.1. The largest absolute Gasteiger partial charge is 0.344 e. The number of amides is 2. The summed E-state index contributed by atoms with van der Waals surface area (Å²) in [6, 6.07) is 12.2. The summed E-state index contributed by atoms with van der Waals surface area (Å²) in [7, 11) is -7.11. The van der Waals surface area contributed by atoms with E-state index < -0.39 is 31.9 Å². The maximum Gasteiger partial charge on any atom is 0.266 e. The Balaban J connectivity index is 0.000000241. The lowest BCUT2D eigenvalue weighted by molar-refractivity contribution is 0.0976. The van der Waals surface area contributed by atoms with Crippen molar-refractivity contribution in [3.63, 3.8) is 0 Å². The van der Waals surface area contributed by atoms with Crippen LogP contribution in [0.25, 0.3) is 0 Å². The second-order valence-corrected chi connectivity index (χ2v) is 8.16. The van der Waals surface area contributed by atoms with Gasteiger partial charge in [-0.2, -0.15) is 0 Å². The lowest BCUT2D eigenvalue weighted by Crippen LogP contribution is -2.20. The van der Waals surface area contributed by atoms with Crippen LogP contribution in [0.3, 0.4) is 0 Å². The molecule has 0 unspecified atom stereocenters. The highest BCUT2D eigenvalue weighted by Gasteiger charge is 2.32. The van der Waals surface area contributed by atoms with E-state index in [2.05, 4.69) is 0 Å². The van der Waals surface area contributed by atoms with Crippen LogP contribution in [0.1, 0.15) is 20.7 Å². The van der Waals surface area contributed by atoms with Crippen LogP contribution in [0.4, 0.5) is 0 Å². The Labute approximate surface area is 149 Å². The molecule has 0 aliphatic carbocycles. The van der Waals surface area contributed by atoms with Crippen molar-refractivity contribution in [2.45, 2.75) is 9.79 Å². The number of sulfonamides is 2. The molecule has 0 bridgehead atoms. The summed E-state index contributed by atoms with van der Waals surface area (Å²) in [6.45, 7) is 0. The highest BCUT2D eigenvalue weighted by molar-refractivity contribution is 7.91. The highest BCUT2D eigenvalue weighted by Crippen LogP contribution is 2.21. The van der Waals surface area contributed by atoms with Crippen molar-refractivity contribution in [3.8, 4) is 0 Å². The molecule has 26 heavy (non-hydrogen) atoms. The zero-order valence-electron chi connectivity index (χ0n) is 13.3. The van der Waals surface area contributed by atoms with Crippen LogP contribution in [0.5, 0.6) is 0 Å². The predicted octanol–water partition coefficient (Wildman–Crippen LogP) is 0.561. The third-order valence-electron chi connectivity index (χ3n) is 3.30. The van der Waals surface area contributed by atoms with Crippen LogP contribution in [-0.4, -0.2) is 28.6 Å². The number of fused-ring (bicyclic) bond motifs is 2. The number of rotatable bonds is 0. The molecule has 0 fully saturated rings. The monoisotopic (exact) mass is 400 g/mol. The topological polar surface area (TPSA) is 196 Å². The van der Waals surface area contributed by atoms with Gasteiger partial charge in [0.25, 0.3) is 31.9 Å². The van der Waals surface area contributed by atoms with E-state index in [1.54, 1.807) is 24.3 Å². The summed E-state index contributed by atoms with van der Waals surface area (Å²) >= 11 is 0. The molecule has 2 aromatic rings. The second-order valence-electron chi connectivity index (χ2n) is 4.86. The Morgan fingerprint density at radius 2 is 0.885 bits per heavy atom. The van der Waals surface area contributed by atoms with Crippen molar-refractivity contribution in [2.24, 2.45) is 0 Å². The Morgan fingerprint density at radius 3 is 1.19 bits per heavy atom.